The van der Waals surface area contributed by atoms with Gasteiger partial charge in [0.25, 0.3) is 0 Å². The summed E-state index contributed by atoms with van der Waals surface area (Å²) in [4.78, 5) is 0. The van der Waals surface area contributed by atoms with Crippen LogP contribution in [0.1, 0.15) is 12.0 Å². The topological polar surface area (TPSA) is 55.4 Å². The fourth-order valence-corrected chi connectivity index (χ4v) is 4.29. The number of sulfonamides is 1. The lowest BCUT2D eigenvalue weighted by atomic mass is 9.93. The second kappa shape index (κ2) is 6.62. The number of hydrogen-bond acceptors (Lipinski definition) is 3. The first kappa shape index (κ1) is 16.0. The molecule has 0 amide bonds. The largest absolute Gasteiger partial charge is 0.381 e. The van der Waals surface area contributed by atoms with Gasteiger partial charge in [0.05, 0.1) is 11.9 Å². The van der Waals surface area contributed by atoms with Crippen molar-refractivity contribution in [2.45, 2.75) is 18.1 Å². The van der Waals surface area contributed by atoms with Crippen molar-refractivity contribution in [3.63, 3.8) is 0 Å². The first-order valence-electron chi connectivity index (χ1n) is 6.38. The van der Waals surface area contributed by atoms with E-state index in [2.05, 4.69) is 4.72 Å². The zero-order valence-electron chi connectivity index (χ0n) is 11.1. The zero-order chi connectivity index (χ0) is 14.8. The van der Waals surface area contributed by atoms with Gasteiger partial charge in [-0.15, -0.1) is 0 Å². The molecule has 7 heteroatoms. The average molecular weight is 338 g/mol. The van der Waals surface area contributed by atoms with Crippen LogP contribution in [0.5, 0.6) is 0 Å². The summed E-state index contributed by atoms with van der Waals surface area (Å²) >= 11 is 12.1. The van der Waals surface area contributed by atoms with Crippen molar-refractivity contribution in [3.05, 3.63) is 33.8 Å². The van der Waals surface area contributed by atoms with Crippen molar-refractivity contribution in [1.29, 1.82) is 0 Å². The molecule has 0 saturated carbocycles. The van der Waals surface area contributed by atoms with E-state index in [4.69, 9.17) is 27.9 Å². The molecule has 0 spiro atoms. The van der Waals surface area contributed by atoms with Crippen LogP contribution in [0, 0.1) is 5.92 Å². The van der Waals surface area contributed by atoms with Crippen LogP contribution in [0.25, 0.3) is 0 Å². The molecule has 4 nitrogen and oxygen atoms in total. The van der Waals surface area contributed by atoms with Gasteiger partial charge in [-0.2, -0.15) is 0 Å². The van der Waals surface area contributed by atoms with Crippen molar-refractivity contribution in [2.24, 2.45) is 5.92 Å². The summed E-state index contributed by atoms with van der Waals surface area (Å²) in [5.74, 6) is -0.128. The van der Waals surface area contributed by atoms with Crippen molar-refractivity contribution < 1.29 is 13.2 Å². The van der Waals surface area contributed by atoms with E-state index < -0.39 is 15.3 Å². The maximum absolute atomic E-state index is 12.1. The van der Waals surface area contributed by atoms with Gasteiger partial charge in [-0.1, -0.05) is 23.2 Å². The molecule has 2 rings (SSSR count). The highest BCUT2D eigenvalue weighted by molar-refractivity contribution is 7.90. The van der Waals surface area contributed by atoms with Gasteiger partial charge >= 0.3 is 0 Å². The Balaban J connectivity index is 2.23. The highest BCUT2D eigenvalue weighted by atomic mass is 35.5. The average Bonchev–Trinajstić information content (AvgIpc) is 2.43. The van der Waals surface area contributed by atoms with Crippen LogP contribution >= 0.6 is 23.2 Å². The summed E-state index contributed by atoms with van der Waals surface area (Å²) in [5.41, 5.74) is 0.853. The molecule has 0 bridgehead atoms. The molecule has 0 radical (unpaired) electrons. The lowest BCUT2D eigenvalue weighted by Gasteiger charge is -2.31. The minimum absolute atomic E-state index is 0.128. The Morgan fingerprint density at radius 1 is 1.40 bits per heavy atom. The molecule has 1 aromatic rings. The molecular formula is C13H17Cl2NO3S. The van der Waals surface area contributed by atoms with Crippen LogP contribution < -0.4 is 4.72 Å². The predicted octanol–water partition coefficient (Wildman–Crippen LogP) is 2.49. The Hall–Kier alpha value is -0.330. The monoisotopic (exact) mass is 337 g/mol. The minimum atomic E-state index is -3.32. The molecule has 1 heterocycles. The van der Waals surface area contributed by atoms with Gasteiger partial charge in [-0.25, -0.2) is 13.1 Å². The van der Waals surface area contributed by atoms with Crippen LogP contribution in [-0.2, 0) is 21.2 Å². The van der Waals surface area contributed by atoms with Gasteiger partial charge in [-0.3, -0.25) is 0 Å². The van der Waals surface area contributed by atoms with Crippen molar-refractivity contribution >= 4 is 33.2 Å². The smallest absolute Gasteiger partial charge is 0.214 e. The number of rotatable bonds is 4. The van der Waals surface area contributed by atoms with Crippen molar-refractivity contribution in [2.75, 3.05) is 20.3 Å². The first-order valence-corrected chi connectivity index (χ1v) is 8.68. The molecule has 2 atom stereocenters. The SMILES string of the molecule is CNS(=O)(=O)[C@H]1CCOC[C@@H]1Cc1cc(Cl)ccc1Cl. The third-order valence-corrected chi connectivity index (χ3v) is 6.17. The number of halogens is 2. The van der Waals surface area contributed by atoms with Crippen molar-refractivity contribution in [3.8, 4) is 0 Å². The molecule has 1 saturated heterocycles. The standard InChI is InChI=1S/C13H17Cl2NO3S/c1-16-20(17,18)13-4-5-19-8-10(13)6-9-7-11(14)2-3-12(9)15/h2-3,7,10,13,16H,4-6,8H2,1H3/t10-,13-/m0/s1. The zero-order valence-corrected chi connectivity index (χ0v) is 13.4. The van der Waals surface area contributed by atoms with E-state index in [0.29, 0.717) is 36.1 Å². The van der Waals surface area contributed by atoms with Gasteiger partial charge in [0, 0.05) is 22.6 Å². The van der Waals surface area contributed by atoms with Gasteiger partial charge in [0.1, 0.15) is 0 Å². The lowest BCUT2D eigenvalue weighted by Crippen LogP contribution is -2.43. The Kier molecular flexibility index (Phi) is 5.31. The van der Waals surface area contributed by atoms with Gasteiger partial charge in [-0.05, 0) is 43.7 Å². The fourth-order valence-electron chi connectivity index (χ4n) is 2.51. The van der Waals surface area contributed by atoms with Crippen LogP contribution in [0.15, 0.2) is 18.2 Å². The van der Waals surface area contributed by atoms with E-state index in [1.165, 1.54) is 7.05 Å². The van der Waals surface area contributed by atoms with Crippen LogP contribution in [-0.4, -0.2) is 33.9 Å². The van der Waals surface area contributed by atoms with Gasteiger partial charge < -0.3 is 4.74 Å². The molecule has 1 aliphatic rings. The van der Waals surface area contributed by atoms with Crippen molar-refractivity contribution in [1.82, 2.24) is 4.72 Å². The molecule has 1 aliphatic heterocycles. The molecule has 0 unspecified atom stereocenters. The summed E-state index contributed by atoms with van der Waals surface area (Å²) < 4.78 is 32.0. The Morgan fingerprint density at radius 3 is 2.85 bits per heavy atom. The first-order chi connectivity index (χ1) is 9.44. The van der Waals surface area contributed by atoms with Gasteiger partial charge in [0.15, 0.2) is 0 Å². The number of hydrogen-bond donors (Lipinski definition) is 1. The Morgan fingerprint density at radius 2 is 2.15 bits per heavy atom. The third kappa shape index (κ3) is 3.65. The molecule has 112 valence electrons. The second-order valence-electron chi connectivity index (χ2n) is 4.85. The predicted molar refractivity (Wildman–Crippen MR) is 80.9 cm³/mol. The molecular weight excluding hydrogens is 321 g/mol. The lowest BCUT2D eigenvalue weighted by molar-refractivity contribution is 0.0571. The number of ether oxygens (including phenoxy) is 1. The van der Waals surface area contributed by atoms with Gasteiger partial charge in [0.2, 0.25) is 10.0 Å². The minimum Gasteiger partial charge on any atom is -0.381 e. The van der Waals surface area contributed by atoms with E-state index >= 15 is 0 Å². The Bertz CT molecular complexity index is 577. The Labute approximate surface area is 129 Å². The van der Waals surface area contributed by atoms with E-state index in [1.54, 1.807) is 18.2 Å². The quantitative estimate of drug-likeness (QED) is 0.918. The summed E-state index contributed by atoms with van der Waals surface area (Å²) in [7, 11) is -1.88. The summed E-state index contributed by atoms with van der Waals surface area (Å²) in [6.07, 6.45) is 1.02. The summed E-state index contributed by atoms with van der Waals surface area (Å²) in [6.45, 7) is 0.875. The normalized spacial score (nSPS) is 23.8. The van der Waals surface area contributed by atoms with E-state index in [-0.39, 0.29) is 5.92 Å². The fraction of sp³-hybridized carbons (Fsp3) is 0.538. The number of nitrogens with one attached hydrogen (secondary N) is 1. The maximum atomic E-state index is 12.1. The van der Waals surface area contributed by atoms with Crippen LogP contribution in [0.3, 0.4) is 0 Å². The van der Waals surface area contributed by atoms with E-state index in [0.717, 1.165) is 5.56 Å². The second-order valence-corrected chi connectivity index (χ2v) is 7.80. The maximum Gasteiger partial charge on any atom is 0.214 e. The molecule has 20 heavy (non-hydrogen) atoms. The molecule has 0 aliphatic carbocycles. The van der Waals surface area contributed by atoms with Crippen LogP contribution in [0.4, 0.5) is 0 Å². The van der Waals surface area contributed by atoms with Crippen LogP contribution in [0.2, 0.25) is 10.0 Å². The molecule has 1 aromatic carbocycles. The summed E-state index contributed by atoms with van der Waals surface area (Å²) in [6, 6.07) is 5.22. The highest BCUT2D eigenvalue weighted by Crippen LogP contribution is 2.29. The molecule has 1 N–H and O–H groups in total. The van der Waals surface area contributed by atoms with E-state index in [9.17, 15) is 8.42 Å². The molecule has 0 aromatic heterocycles. The third-order valence-electron chi connectivity index (χ3n) is 3.58. The number of benzene rings is 1. The molecule has 1 fully saturated rings. The summed E-state index contributed by atoms with van der Waals surface area (Å²) in [5, 5.41) is 0.728. The van der Waals surface area contributed by atoms with E-state index in [1.807, 2.05) is 0 Å². The highest BCUT2D eigenvalue weighted by Gasteiger charge is 2.35.